The number of nitrogens with zero attached hydrogens (tertiary/aromatic N) is 3. The van der Waals surface area contributed by atoms with Crippen molar-refractivity contribution < 1.29 is 4.74 Å². The van der Waals surface area contributed by atoms with Crippen molar-refractivity contribution in [1.29, 1.82) is 0 Å². The van der Waals surface area contributed by atoms with Gasteiger partial charge in [0.1, 0.15) is 0 Å². The Hall–Kier alpha value is -0.850. The number of rotatable bonds is 10. The summed E-state index contributed by atoms with van der Waals surface area (Å²) in [6.07, 6.45) is 8.99. The summed E-state index contributed by atoms with van der Waals surface area (Å²) in [4.78, 5) is 10.1. The summed E-state index contributed by atoms with van der Waals surface area (Å²) >= 11 is 0. The van der Waals surface area contributed by atoms with E-state index in [2.05, 4.69) is 48.3 Å². The first-order valence-electron chi connectivity index (χ1n) is 11.6. The zero-order chi connectivity index (χ0) is 20.2. The van der Waals surface area contributed by atoms with E-state index in [0.29, 0.717) is 6.04 Å². The number of morpholine rings is 1. The molecule has 6 heteroatoms. The van der Waals surface area contributed by atoms with E-state index in [1.54, 1.807) is 0 Å². The molecule has 6 nitrogen and oxygen atoms in total. The van der Waals surface area contributed by atoms with Crippen molar-refractivity contribution >= 4 is 5.96 Å². The topological polar surface area (TPSA) is 52.1 Å². The van der Waals surface area contributed by atoms with Gasteiger partial charge in [0.2, 0.25) is 0 Å². The highest BCUT2D eigenvalue weighted by Gasteiger charge is 2.38. The minimum absolute atomic E-state index is 0.240. The molecule has 0 atom stereocenters. The Kier molecular flexibility index (Phi) is 10.6. The number of ether oxygens (including phenoxy) is 1. The van der Waals surface area contributed by atoms with Crippen LogP contribution in [0.15, 0.2) is 4.99 Å². The number of aliphatic imine (C=N–C) groups is 1. The molecule has 2 aliphatic rings. The highest BCUT2D eigenvalue weighted by atomic mass is 16.5. The number of nitrogens with one attached hydrogen (secondary N) is 2. The Labute approximate surface area is 173 Å². The van der Waals surface area contributed by atoms with Gasteiger partial charge in [0.25, 0.3) is 0 Å². The van der Waals surface area contributed by atoms with Gasteiger partial charge in [-0.1, -0.05) is 19.3 Å². The van der Waals surface area contributed by atoms with Crippen LogP contribution < -0.4 is 10.6 Å². The largest absolute Gasteiger partial charge is 0.379 e. The first kappa shape index (κ1) is 23.4. The summed E-state index contributed by atoms with van der Waals surface area (Å²) in [7, 11) is 2.21. The average Bonchev–Trinajstić information content (AvgIpc) is 2.72. The first-order chi connectivity index (χ1) is 13.6. The van der Waals surface area contributed by atoms with Crippen LogP contribution >= 0.6 is 0 Å². The standard InChI is InChI=1S/C22H45N5O/c1-5-23-21(24-13-9-10-14-26(4)20(2)3)25-19-22(11-7-6-8-12-22)27-15-17-28-18-16-27/h20H,5-19H2,1-4H3,(H2,23,24,25). The molecule has 0 amide bonds. The number of hydrogen-bond acceptors (Lipinski definition) is 4. The number of unbranched alkanes of at least 4 members (excludes halogenated alkanes) is 1. The van der Waals surface area contributed by atoms with Gasteiger partial charge in [-0.2, -0.15) is 0 Å². The molecular weight excluding hydrogens is 350 g/mol. The van der Waals surface area contributed by atoms with Crippen LogP contribution in [-0.4, -0.2) is 86.9 Å². The van der Waals surface area contributed by atoms with E-state index in [4.69, 9.17) is 9.73 Å². The van der Waals surface area contributed by atoms with E-state index in [9.17, 15) is 0 Å². The number of guanidine groups is 1. The molecule has 2 N–H and O–H groups in total. The molecule has 1 heterocycles. The Morgan fingerprint density at radius 2 is 1.82 bits per heavy atom. The highest BCUT2D eigenvalue weighted by Crippen LogP contribution is 2.34. The summed E-state index contributed by atoms with van der Waals surface area (Å²) in [5.74, 6) is 0.984. The third-order valence-electron chi connectivity index (χ3n) is 6.45. The monoisotopic (exact) mass is 395 g/mol. The lowest BCUT2D eigenvalue weighted by Crippen LogP contribution is -2.56. The van der Waals surface area contributed by atoms with Crippen molar-refractivity contribution in [3.63, 3.8) is 0 Å². The normalized spacial score (nSPS) is 21.3. The van der Waals surface area contributed by atoms with E-state index in [1.807, 2.05) is 0 Å². The lowest BCUT2D eigenvalue weighted by molar-refractivity contribution is -0.0333. The van der Waals surface area contributed by atoms with Gasteiger partial charge < -0.3 is 20.3 Å². The fourth-order valence-electron chi connectivity index (χ4n) is 4.34. The molecule has 0 radical (unpaired) electrons. The maximum atomic E-state index is 5.60. The van der Waals surface area contributed by atoms with Gasteiger partial charge in [0.15, 0.2) is 5.96 Å². The summed E-state index contributed by atoms with van der Waals surface area (Å²) in [5.41, 5.74) is 0.240. The van der Waals surface area contributed by atoms with Crippen LogP contribution in [0.5, 0.6) is 0 Å². The minimum atomic E-state index is 0.240. The van der Waals surface area contributed by atoms with E-state index in [0.717, 1.165) is 58.4 Å². The third kappa shape index (κ3) is 7.53. The highest BCUT2D eigenvalue weighted by molar-refractivity contribution is 5.79. The first-order valence-corrected chi connectivity index (χ1v) is 11.6. The maximum Gasteiger partial charge on any atom is 0.191 e. The summed E-state index contributed by atoms with van der Waals surface area (Å²) in [5, 5.41) is 7.01. The Morgan fingerprint density at radius 3 is 2.46 bits per heavy atom. The molecule has 2 rings (SSSR count). The quantitative estimate of drug-likeness (QED) is 0.338. The Balaban J connectivity index is 1.86. The molecule has 0 bridgehead atoms. The van der Waals surface area contributed by atoms with E-state index >= 15 is 0 Å². The van der Waals surface area contributed by atoms with Crippen LogP contribution in [0.4, 0.5) is 0 Å². The molecule has 2 fully saturated rings. The molecule has 0 unspecified atom stereocenters. The average molecular weight is 396 g/mol. The predicted octanol–water partition coefficient (Wildman–Crippen LogP) is 2.70. The number of hydrogen-bond donors (Lipinski definition) is 2. The predicted molar refractivity (Wildman–Crippen MR) is 119 cm³/mol. The lowest BCUT2D eigenvalue weighted by atomic mass is 9.80. The molecule has 0 aromatic heterocycles. The molecule has 0 aromatic rings. The molecule has 1 saturated carbocycles. The second-order valence-electron chi connectivity index (χ2n) is 8.79. The van der Waals surface area contributed by atoms with E-state index in [-0.39, 0.29) is 5.54 Å². The zero-order valence-electron chi connectivity index (χ0n) is 18.9. The fraction of sp³-hybridized carbons (Fsp3) is 0.955. The van der Waals surface area contributed by atoms with Crippen LogP contribution in [0, 0.1) is 0 Å². The summed E-state index contributed by atoms with van der Waals surface area (Å²) in [6, 6.07) is 0.624. The Bertz CT molecular complexity index is 442. The molecule has 1 saturated heterocycles. The second-order valence-corrected chi connectivity index (χ2v) is 8.79. The molecular formula is C22H45N5O. The van der Waals surface area contributed by atoms with Crippen LogP contribution in [0.1, 0.15) is 65.7 Å². The van der Waals surface area contributed by atoms with Crippen molar-refractivity contribution in [2.45, 2.75) is 77.3 Å². The molecule has 164 valence electrons. The summed E-state index contributed by atoms with van der Waals surface area (Å²) in [6.45, 7) is 14.5. The molecule has 28 heavy (non-hydrogen) atoms. The van der Waals surface area contributed by atoms with Crippen LogP contribution in [0.3, 0.4) is 0 Å². The maximum absolute atomic E-state index is 5.60. The third-order valence-corrected chi connectivity index (χ3v) is 6.45. The van der Waals surface area contributed by atoms with Crippen LogP contribution in [0.2, 0.25) is 0 Å². The van der Waals surface area contributed by atoms with Gasteiger partial charge in [-0.3, -0.25) is 9.89 Å². The van der Waals surface area contributed by atoms with Gasteiger partial charge in [-0.15, -0.1) is 0 Å². The van der Waals surface area contributed by atoms with Crippen molar-refractivity contribution in [1.82, 2.24) is 20.4 Å². The van der Waals surface area contributed by atoms with E-state index < -0.39 is 0 Å². The van der Waals surface area contributed by atoms with Crippen molar-refractivity contribution in [2.24, 2.45) is 4.99 Å². The second kappa shape index (κ2) is 12.7. The van der Waals surface area contributed by atoms with Crippen molar-refractivity contribution in [3.05, 3.63) is 0 Å². The molecule has 0 spiro atoms. The van der Waals surface area contributed by atoms with Crippen molar-refractivity contribution in [3.8, 4) is 0 Å². The fourth-order valence-corrected chi connectivity index (χ4v) is 4.34. The summed E-state index contributed by atoms with van der Waals surface area (Å²) < 4.78 is 5.60. The van der Waals surface area contributed by atoms with Gasteiger partial charge in [0, 0.05) is 37.8 Å². The van der Waals surface area contributed by atoms with E-state index in [1.165, 1.54) is 44.9 Å². The smallest absolute Gasteiger partial charge is 0.191 e. The molecule has 1 aliphatic heterocycles. The molecule has 0 aromatic carbocycles. The van der Waals surface area contributed by atoms with Crippen LogP contribution in [-0.2, 0) is 4.74 Å². The van der Waals surface area contributed by atoms with Gasteiger partial charge in [-0.25, -0.2) is 0 Å². The van der Waals surface area contributed by atoms with Crippen LogP contribution in [0.25, 0.3) is 0 Å². The van der Waals surface area contributed by atoms with Gasteiger partial charge in [-0.05, 0) is 60.0 Å². The molecule has 1 aliphatic carbocycles. The Morgan fingerprint density at radius 1 is 1.11 bits per heavy atom. The van der Waals surface area contributed by atoms with Crippen molar-refractivity contribution in [2.75, 3.05) is 59.5 Å². The minimum Gasteiger partial charge on any atom is -0.379 e. The SMILES string of the molecule is CCNC(=NCC1(N2CCOCC2)CCCCC1)NCCCCN(C)C(C)C. The lowest BCUT2D eigenvalue weighted by Gasteiger charge is -2.47. The van der Waals surface area contributed by atoms with Gasteiger partial charge >= 0.3 is 0 Å². The zero-order valence-corrected chi connectivity index (χ0v) is 18.9. The van der Waals surface area contributed by atoms with Gasteiger partial charge in [0.05, 0.1) is 19.8 Å².